The summed E-state index contributed by atoms with van der Waals surface area (Å²) in [6.07, 6.45) is -4.62. The molecular weight excluding hydrogens is 375 g/mol. The number of carbonyl (C=O) groups is 2. The van der Waals surface area contributed by atoms with E-state index in [-0.39, 0.29) is 12.1 Å². The van der Waals surface area contributed by atoms with E-state index in [1.807, 2.05) is 31.2 Å². The Bertz CT molecular complexity index is 817. The number of carboxylic acid groups (broad SMARTS) is 1. The van der Waals surface area contributed by atoms with E-state index >= 15 is 0 Å². The molecule has 0 spiro atoms. The molecule has 0 fully saturated rings. The van der Waals surface area contributed by atoms with Gasteiger partial charge in [0.2, 0.25) is 5.91 Å². The first-order chi connectivity index (χ1) is 13.0. The van der Waals surface area contributed by atoms with Gasteiger partial charge in [0.15, 0.2) is 0 Å². The molecule has 0 unspecified atom stereocenters. The molecule has 0 aliphatic carbocycles. The second-order valence-corrected chi connectivity index (χ2v) is 6.48. The Hall–Kier alpha value is -3.03. The van der Waals surface area contributed by atoms with Gasteiger partial charge in [0.05, 0.1) is 5.92 Å². The van der Waals surface area contributed by atoms with Crippen molar-refractivity contribution in [3.63, 3.8) is 0 Å². The number of carboxylic acids is 1. The number of rotatable bonds is 7. The molecule has 0 aliphatic rings. The number of carbonyl (C=O) groups excluding carboxylic acids is 1. The molecule has 0 bridgehead atoms. The molecule has 0 saturated carbocycles. The van der Waals surface area contributed by atoms with Gasteiger partial charge >= 0.3 is 12.3 Å². The van der Waals surface area contributed by atoms with Crippen LogP contribution >= 0.6 is 0 Å². The van der Waals surface area contributed by atoms with E-state index in [1.165, 1.54) is 19.1 Å². The lowest BCUT2D eigenvalue weighted by Gasteiger charge is -2.20. The Balaban J connectivity index is 2.04. The van der Waals surface area contributed by atoms with Crippen LogP contribution in [-0.4, -0.2) is 23.3 Å². The average molecular weight is 395 g/mol. The molecule has 2 rings (SSSR count). The SMILES string of the molecule is Cc1ccc(C[C@@H](C(=O)O)[C@@H](C)C(=O)Nc2ccc(OC(F)(F)F)cc2)cc1. The summed E-state index contributed by atoms with van der Waals surface area (Å²) in [7, 11) is 0. The van der Waals surface area contributed by atoms with E-state index in [0.717, 1.165) is 23.3 Å². The van der Waals surface area contributed by atoms with Gasteiger partial charge in [-0.3, -0.25) is 9.59 Å². The van der Waals surface area contributed by atoms with Crippen LogP contribution in [0, 0.1) is 18.8 Å². The predicted octanol–water partition coefficient (Wildman–Crippen LogP) is 4.41. The van der Waals surface area contributed by atoms with Crippen LogP contribution in [0.2, 0.25) is 0 Å². The lowest BCUT2D eigenvalue weighted by Crippen LogP contribution is -2.33. The number of aryl methyl sites for hydroxylation is 1. The number of halogens is 3. The van der Waals surface area contributed by atoms with E-state index in [4.69, 9.17) is 0 Å². The Morgan fingerprint density at radius 3 is 2.14 bits per heavy atom. The summed E-state index contributed by atoms with van der Waals surface area (Å²) < 4.78 is 40.3. The Kier molecular flexibility index (Phi) is 6.66. The van der Waals surface area contributed by atoms with E-state index < -0.39 is 35.8 Å². The molecule has 5 nitrogen and oxygen atoms in total. The van der Waals surface area contributed by atoms with Crippen LogP contribution < -0.4 is 10.1 Å². The van der Waals surface area contributed by atoms with E-state index in [1.54, 1.807) is 0 Å². The zero-order chi connectivity index (χ0) is 20.9. The third kappa shape index (κ3) is 6.29. The molecule has 0 heterocycles. The highest BCUT2D eigenvalue weighted by atomic mass is 19.4. The average Bonchev–Trinajstić information content (AvgIpc) is 2.60. The molecule has 2 aromatic carbocycles. The largest absolute Gasteiger partial charge is 0.573 e. The maximum absolute atomic E-state index is 12.4. The van der Waals surface area contributed by atoms with Gasteiger partial charge in [-0.15, -0.1) is 13.2 Å². The Labute approximate surface area is 160 Å². The fourth-order valence-electron chi connectivity index (χ4n) is 2.63. The summed E-state index contributed by atoms with van der Waals surface area (Å²) in [6, 6.07) is 12.0. The topological polar surface area (TPSA) is 75.6 Å². The second-order valence-electron chi connectivity index (χ2n) is 6.48. The van der Waals surface area contributed by atoms with Gasteiger partial charge in [-0.2, -0.15) is 0 Å². The van der Waals surface area contributed by atoms with Crippen LogP contribution in [0.5, 0.6) is 5.75 Å². The van der Waals surface area contributed by atoms with Crippen molar-refractivity contribution in [1.82, 2.24) is 0 Å². The lowest BCUT2D eigenvalue weighted by molar-refractivity contribution is -0.274. The Morgan fingerprint density at radius 2 is 1.64 bits per heavy atom. The molecule has 8 heteroatoms. The molecule has 1 amide bonds. The van der Waals surface area contributed by atoms with Crippen molar-refractivity contribution in [2.75, 3.05) is 5.32 Å². The van der Waals surface area contributed by atoms with Gasteiger partial charge in [-0.25, -0.2) is 0 Å². The van der Waals surface area contributed by atoms with Crippen LogP contribution in [0.15, 0.2) is 48.5 Å². The van der Waals surface area contributed by atoms with Crippen LogP contribution in [0.1, 0.15) is 18.1 Å². The number of amides is 1. The molecule has 2 aromatic rings. The number of alkyl halides is 3. The van der Waals surface area contributed by atoms with Gasteiger partial charge in [0.25, 0.3) is 0 Å². The summed E-state index contributed by atoms with van der Waals surface area (Å²) >= 11 is 0. The molecule has 28 heavy (non-hydrogen) atoms. The standard InChI is InChI=1S/C20H20F3NO4/c1-12-3-5-14(6-4-12)11-17(19(26)27)13(2)18(25)24-15-7-9-16(10-8-15)28-20(21,22)23/h3-10,13,17H,11H2,1-2H3,(H,24,25)(H,26,27)/t13-,17-/m1/s1. The minimum atomic E-state index is -4.80. The number of hydrogen-bond donors (Lipinski definition) is 2. The van der Waals surface area contributed by atoms with Crippen LogP contribution in [-0.2, 0) is 16.0 Å². The third-order valence-electron chi connectivity index (χ3n) is 4.27. The molecular formula is C20H20F3NO4. The highest BCUT2D eigenvalue weighted by Crippen LogP contribution is 2.25. The van der Waals surface area contributed by atoms with Gasteiger partial charge in [0, 0.05) is 11.6 Å². The van der Waals surface area contributed by atoms with E-state index in [0.29, 0.717) is 0 Å². The molecule has 2 atom stereocenters. The number of aliphatic carboxylic acids is 1. The van der Waals surface area contributed by atoms with Crippen molar-refractivity contribution in [3.05, 3.63) is 59.7 Å². The molecule has 2 N–H and O–H groups in total. The second kappa shape index (κ2) is 8.77. The van der Waals surface area contributed by atoms with Crippen molar-refractivity contribution in [2.45, 2.75) is 26.6 Å². The van der Waals surface area contributed by atoms with Gasteiger partial charge in [-0.1, -0.05) is 36.8 Å². The lowest BCUT2D eigenvalue weighted by atomic mass is 9.87. The Morgan fingerprint density at radius 1 is 1.07 bits per heavy atom. The van der Waals surface area contributed by atoms with E-state index in [9.17, 15) is 27.9 Å². The number of ether oxygens (including phenoxy) is 1. The molecule has 0 radical (unpaired) electrons. The molecule has 0 aromatic heterocycles. The summed E-state index contributed by atoms with van der Waals surface area (Å²) in [5.41, 5.74) is 2.08. The molecule has 0 aliphatic heterocycles. The number of nitrogens with one attached hydrogen (secondary N) is 1. The fraction of sp³-hybridized carbons (Fsp3) is 0.300. The first kappa shape index (κ1) is 21.3. The summed E-state index contributed by atoms with van der Waals surface area (Å²) in [4.78, 5) is 24.1. The van der Waals surface area contributed by atoms with Crippen molar-refractivity contribution in [1.29, 1.82) is 0 Å². The van der Waals surface area contributed by atoms with Crippen molar-refractivity contribution in [2.24, 2.45) is 11.8 Å². The number of hydrogen-bond acceptors (Lipinski definition) is 3. The first-order valence-electron chi connectivity index (χ1n) is 8.50. The highest BCUT2D eigenvalue weighted by Gasteiger charge is 2.32. The maximum Gasteiger partial charge on any atom is 0.573 e. The van der Waals surface area contributed by atoms with Gasteiger partial charge in [-0.05, 0) is 43.2 Å². The quantitative estimate of drug-likeness (QED) is 0.728. The number of benzene rings is 2. The van der Waals surface area contributed by atoms with Gasteiger partial charge < -0.3 is 15.2 Å². The minimum Gasteiger partial charge on any atom is -0.481 e. The third-order valence-corrected chi connectivity index (χ3v) is 4.27. The normalized spacial score (nSPS) is 13.5. The van der Waals surface area contributed by atoms with E-state index in [2.05, 4.69) is 10.1 Å². The van der Waals surface area contributed by atoms with Gasteiger partial charge in [0.1, 0.15) is 5.75 Å². The summed E-state index contributed by atoms with van der Waals surface area (Å²) in [5.74, 6) is -3.86. The minimum absolute atomic E-state index is 0.183. The first-order valence-corrected chi connectivity index (χ1v) is 8.50. The smallest absolute Gasteiger partial charge is 0.481 e. The molecule has 150 valence electrons. The zero-order valence-electron chi connectivity index (χ0n) is 15.3. The maximum atomic E-state index is 12.4. The van der Waals surface area contributed by atoms with Crippen molar-refractivity contribution >= 4 is 17.6 Å². The summed E-state index contributed by atoms with van der Waals surface area (Å²) in [6.45, 7) is 3.42. The predicted molar refractivity (Wildman–Crippen MR) is 96.9 cm³/mol. The van der Waals surface area contributed by atoms with Crippen LogP contribution in [0.4, 0.5) is 18.9 Å². The zero-order valence-corrected chi connectivity index (χ0v) is 15.3. The highest BCUT2D eigenvalue weighted by molar-refractivity contribution is 5.94. The van der Waals surface area contributed by atoms with Crippen molar-refractivity contribution in [3.8, 4) is 5.75 Å². The molecule has 0 saturated heterocycles. The fourth-order valence-corrected chi connectivity index (χ4v) is 2.63. The number of anilines is 1. The monoisotopic (exact) mass is 395 g/mol. The van der Waals surface area contributed by atoms with Crippen LogP contribution in [0.3, 0.4) is 0 Å². The summed E-state index contributed by atoms with van der Waals surface area (Å²) in [5, 5.41) is 12.0. The van der Waals surface area contributed by atoms with Crippen LogP contribution in [0.25, 0.3) is 0 Å². The van der Waals surface area contributed by atoms with Crippen molar-refractivity contribution < 1.29 is 32.6 Å².